The van der Waals surface area contributed by atoms with Gasteiger partial charge in [0, 0.05) is 19.1 Å². The molecule has 8 heteroatoms. The van der Waals surface area contributed by atoms with Crippen molar-refractivity contribution in [2.45, 2.75) is 13.8 Å². The lowest BCUT2D eigenvalue weighted by Gasteiger charge is -2.10. The normalized spacial score (nSPS) is 11.1. The minimum absolute atomic E-state index is 0.00196. The molecule has 0 aliphatic carbocycles. The van der Waals surface area contributed by atoms with Crippen LogP contribution in [0.15, 0.2) is 47.6 Å². The molecule has 25 heavy (non-hydrogen) atoms. The molecule has 3 rings (SSSR count). The van der Waals surface area contributed by atoms with Gasteiger partial charge in [0.25, 0.3) is 5.69 Å². The van der Waals surface area contributed by atoms with Crippen LogP contribution in [0.4, 0.5) is 10.8 Å². The number of hydrazone groups is 1. The van der Waals surface area contributed by atoms with Crippen LogP contribution >= 0.6 is 11.3 Å². The molecule has 0 saturated carbocycles. The van der Waals surface area contributed by atoms with Gasteiger partial charge in [-0.1, -0.05) is 17.4 Å². The van der Waals surface area contributed by atoms with Crippen LogP contribution in [-0.2, 0) is 4.79 Å². The molecule has 126 valence electrons. The number of aromatic nitrogens is 1. The average Bonchev–Trinajstić information content (AvgIpc) is 2.97. The lowest BCUT2D eigenvalue weighted by molar-refractivity contribution is -0.384. The van der Waals surface area contributed by atoms with Gasteiger partial charge in [0.1, 0.15) is 0 Å². The van der Waals surface area contributed by atoms with Gasteiger partial charge in [-0.05, 0) is 42.3 Å². The minimum Gasteiger partial charge on any atom is -0.273 e. The Labute approximate surface area is 147 Å². The van der Waals surface area contributed by atoms with E-state index in [2.05, 4.69) is 10.1 Å². The number of nitrogens with zero attached hydrogens (tertiary/aromatic N) is 4. The lowest BCUT2D eigenvalue weighted by Crippen LogP contribution is -2.22. The van der Waals surface area contributed by atoms with E-state index in [1.54, 1.807) is 12.1 Å². The van der Waals surface area contributed by atoms with Crippen LogP contribution in [0.2, 0.25) is 0 Å². The number of nitro groups is 1. The quantitative estimate of drug-likeness (QED) is 0.404. The summed E-state index contributed by atoms with van der Waals surface area (Å²) in [5.74, 6) is -0.270. The average molecular weight is 354 g/mol. The number of carbonyl (C=O) groups is 1. The summed E-state index contributed by atoms with van der Waals surface area (Å²) in [5.41, 5.74) is 2.57. The second-order valence-corrected chi connectivity index (χ2v) is 6.40. The van der Waals surface area contributed by atoms with E-state index >= 15 is 0 Å². The van der Waals surface area contributed by atoms with Crippen molar-refractivity contribution in [1.82, 2.24) is 4.98 Å². The largest absolute Gasteiger partial charge is 0.273 e. The molecule has 1 amide bonds. The van der Waals surface area contributed by atoms with E-state index in [0.29, 0.717) is 10.7 Å². The molecule has 0 atom stereocenters. The predicted octanol–water partition coefficient (Wildman–Crippen LogP) is 3.90. The number of thiazole rings is 1. The Morgan fingerprint density at radius 2 is 2.00 bits per heavy atom. The van der Waals surface area contributed by atoms with Gasteiger partial charge in [-0.15, -0.1) is 0 Å². The van der Waals surface area contributed by atoms with Crippen molar-refractivity contribution >= 4 is 44.5 Å². The number of rotatable bonds is 4. The first-order valence-corrected chi connectivity index (χ1v) is 8.22. The third kappa shape index (κ3) is 3.69. The third-order valence-electron chi connectivity index (χ3n) is 3.44. The van der Waals surface area contributed by atoms with E-state index in [-0.39, 0.29) is 11.6 Å². The molecule has 0 bridgehead atoms. The third-order valence-corrected chi connectivity index (χ3v) is 4.43. The van der Waals surface area contributed by atoms with Gasteiger partial charge in [-0.25, -0.2) is 4.98 Å². The number of hydrogen-bond donors (Lipinski definition) is 0. The highest BCUT2D eigenvalue weighted by Gasteiger charge is 2.15. The molecule has 7 nitrogen and oxygen atoms in total. The zero-order valence-corrected chi connectivity index (χ0v) is 14.4. The van der Waals surface area contributed by atoms with E-state index in [1.165, 1.54) is 41.6 Å². The molecule has 0 aliphatic rings. The highest BCUT2D eigenvalue weighted by molar-refractivity contribution is 7.22. The lowest BCUT2D eigenvalue weighted by atomic mass is 10.2. The fourth-order valence-electron chi connectivity index (χ4n) is 2.18. The van der Waals surface area contributed by atoms with E-state index < -0.39 is 4.92 Å². The van der Waals surface area contributed by atoms with Crippen molar-refractivity contribution in [3.63, 3.8) is 0 Å². The summed E-state index contributed by atoms with van der Waals surface area (Å²) in [6.45, 7) is 3.40. The SMILES string of the molecule is CC(=O)N(/N=C/c1ccc([N+](=O)[O-])cc1)c1nc2ccc(C)cc2s1. The first kappa shape index (κ1) is 16.7. The zero-order valence-electron chi connectivity index (χ0n) is 13.5. The Kier molecular flexibility index (Phi) is 4.53. The number of aryl methyl sites for hydroxylation is 1. The summed E-state index contributed by atoms with van der Waals surface area (Å²) in [6, 6.07) is 11.8. The van der Waals surface area contributed by atoms with Crippen LogP contribution in [0.3, 0.4) is 0 Å². The van der Waals surface area contributed by atoms with Crippen LogP contribution in [0.5, 0.6) is 0 Å². The predicted molar refractivity (Wildman–Crippen MR) is 98.2 cm³/mol. The summed E-state index contributed by atoms with van der Waals surface area (Å²) in [4.78, 5) is 26.6. The maximum atomic E-state index is 11.9. The zero-order chi connectivity index (χ0) is 18.0. The fourth-order valence-corrected chi connectivity index (χ4v) is 3.25. The number of nitro benzene ring substituents is 1. The van der Waals surface area contributed by atoms with Gasteiger partial charge >= 0.3 is 0 Å². The molecular formula is C17H14N4O3S. The van der Waals surface area contributed by atoms with Gasteiger partial charge in [0.05, 0.1) is 21.4 Å². The van der Waals surface area contributed by atoms with Gasteiger partial charge in [-0.3, -0.25) is 14.9 Å². The summed E-state index contributed by atoms with van der Waals surface area (Å²) in [7, 11) is 0. The molecule has 0 fully saturated rings. The minimum atomic E-state index is -0.466. The number of hydrogen-bond acceptors (Lipinski definition) is 6. The summed E-state index contributed by atoms with van der Waals surface area (Å²) in [6.07, 6.45) is 1.47. The van der Waals surface area contributed by atoms with Crippen molar-refractivity contribution in [2.75, 3.05) is 5.01 Å². The number of anilines is 1. The first-order chi connectivity index (χ1) is 11.9. The molecule has 0 aliphatic heterocycles. The topological polar surface area (TPSA) is 88.7 Å². The van der Waals surface area contributed by atoms with Gasteiger partial charge in [0.2, 0.25) is 11.0 Å². The summed E-state index contributed by atoms with van der Waals surface area (Å²) in [5, 5.41) is 16.6. The van der Waals surface area contributed by atoms with Crippen LogP contribution < -0.4 is 5.01 Å². The van der Waals surface area contributed by atoms with E-state index in [9.17, 15) is 14.9 Å². The molecule has 0 saturated heterocycles. The molecule has 1 heterocycles. The standard InChI is InChI=1S/C17H14N4O3S/c1-11-3-8-15-16(9-11)25-17(19-15)20(12(2)22)18-10-13-4-6-14(7-5-13)21(23)24/h3-10H,1-2H3/b18-10+. The molecule has 3 aromatic rings. The fraction of sp³-hybridized carbons (Fsp3) is 0.118. The van der Waals surface area contributed by atoms with Crippen molar-refractivity contribution in [3.8, 4) is 0 Å². The maximum absolute atomic E-state index is 11.9. The number of fused-ring (bicyclic) bond motifs is 1. The van der Waals surface area contributed by atoms with Gasteiger partial charge in [-0.2, -0.15) is 10.1 Å². The van der Waals surface area contributed by atoms with Crippen LogP contribution in [-0.4, -0.2) is 22.0 Å². The highest BCUT2D eigenvalue weighted by Crippen LogP contribution is 2.29. The van der Waals surface area contributed by atoms with E-state index in [4.69, 9.17) is 0 Å². The molecule has 0 N–H and O–H groups in total. The second-order valence-electron chi connectivity index (χ2n) is 5.39. The van der Waals surface area contributed by atoms with E-state index in [1.807, 2.05) is 25.1 Å². The Morgan fingerprint density at radius 1 is 1.28 bits per heavy atom. The van der Waals surface area contributed by atoms with Crippen LogP contribution in [0.1, 0.15) is 18.1 Å². The number of benzene rings is 2. The molecule has 0 spiro atoms. The summed E-state index contributed by atoms with van der Waals surface area (Å²) < 4.78 is 0.979. The van der Waals surface area contributed by atoms with Gasteiger partial charge < -0.3 is 0 Å². The monoisotopic (exact) mass is 354 g/mol. The first-order valence-electron chi connectivity index (χ1n) is 7.40. The second kappa shape index (κ2) is 6.78. The van der Waals surface area contributed by atoms with Crippen molar-refractivity contribution in [3.05, 3.63) is 63.7 Å². The van der Waals surface area contributed by atoms with Crippen LogP contribution in [0.25, 0.3) is 10.2 Å². The van der Waals surface area contributed by atoms with Crippen molar-refractivity contribution in [2.24, 2.45) is 5.10 Å². The molecule has 0 radical (unpaired) electrons. The number of non-ortho nitro benzene ring substituents is 1. The Hall–Kier alpha value is -3.13. The Morgan fingerprint density at radius 3 is 2.64 bits per heavy atom. The molecule has 1 aromatic heterocycles. The van der Waals surface area contributed by atoms with E-state index in [0.717, 1.165) is 15.8 Å². The van der Waals surface area contributed by atoms with Crippen molar-refractivity contribution < 1.29 is 9.72 Å². The molecule has 0 unspecified atom stereocenters. The Bertz CT molecular complexity index is 979. The molecular weight excluding hydrogens is 340 g/mol. The number of amides is 1. The highest BCUT2D eigenvalue weighted by atomic mass is 32.1. The van der Waals surface area contributed by atoms with Crippen LogP contribution in [0, 0.1) is 17.0 Å². The Balaban J connectivity index is 1.89. The molecule has 2 aromatic carbocycles. The smallest absolute Gasteiger partial charge is 0.269 e. The van der Waals surface area contributed by atoms with Gasteiger partial charge in [0.15, 0.2) is 0 Å². The maximum Gasteiger partial charge on any atom is 0.269 e. The number of carbonyl (C=O) groups excluding carboxylic acids is 1. The van der Waals surface area contributed by atoms with Crippen molar-refractivity contribution in [1.29, 1.82) is 0 Å². The summed E-state index contributed by atoms with van der Waals surface area (Å²) >= 11 is 1.38.